The van der Waals surface area contributed by atoms with Crippen LogP contribution in [0, 0.1) is 12.3 Å². The first kappa shape index (κ1) is 14.1. The second-order valence-corrected chi connectivity index (χ2v) is 6.44. The second kappa shape index (κ2) is 5.57. The summed E-state index contributed by atoms with van der Waals surface area (Å²) < 4.78 is 1.06. The lowest BCUT2D eigenvalue weighted by Crippen LogP contribution is -1.89. The largest absolute Gasteiger partial charge is 0.115 e. The topological polar surface area (TPSA) is 0 Å². The summed E-state index contributed by atoms with van der Waals surface area (Å²) in [6.45, 7) is 0. The van der Waals surface area contributed by atoms with Gasteiger partial charge in [0.05, 0.1) is 0 Å². The summed E-state index contributed by atoms with van der Waals surface area (Å²) in [5.41, 5.74) is 3.22. The Labute approximate surface area is 143 Å². The molecule has 4 aromatic carbocycles. The van der Waals surface area contributed by atoms with Crippen molar-refractivity contribution in [1.29, 1.82) is 0 Å². The van der Waals surface area contributed by atoms with Gasteiger partial charge in [0.2, 0.25) is 0 Å². The zero-order chi connectivity index (χ0) is 15.8. The Morgan fingerprint density at radius 1 is 0.739 bits per heavy atom. The third-order valence-corrected chi connectivity index (χ3v) is 4.64. The molecule has 0 saturated carbocycles. The molecule has 0 spiro atoms. The summed E-state index contributed by atoms with van der Waals surface area (Å²) in [7, 11) is 0. The fourth-order valence-electron chi connectivity index (χ4n) is 3.16. The van der Waals surface area contributed by atoms with E-state index < -0.39 is 0 Å². The molecule has 108 valence electrons. The van der Waals surface area contributed by atoms with Crippen LogP contribution in [-0.2, 0) is 0 Å². The van der Waals surface area contributed by atoms with Crippen LogP contribution in [-0.4, -0.2) is 0 Å². The summed E-state index contributed by atoms with van der Waals surface area (Å²) in [4.78, 5) is 0. The van der Waals surface area contributed by atoms with Crippen molar-refractivity contribution in [3.8, 4) is 23.5 Å². The average molecular weight is 357 g/mol. The lowest BCUT2D eigenvalue weighted by atomic mass is 9.90. The number of benzene rings is 4. The van der Waals surface area contributed by atoms with E-state index in [1.165, 1.54) is 27.1 Å². The molecule has 0 fully saturated rings. The van der Waals surface area contributed by atoms with Gasteiger partial charge in [0, 0.05) is 15.6 Å². The van der Waals surface area contributed by atoms with Crippen LogP contribution < -0.4 is 0 Å². The Hall–Kier alpha value is -2.56. The van der Waals surface area contributed by atoms with E-state index in [4.69, 9.17) is 6.42 Å². The van der Waals surface area contributed by atoms with Crippen molar-refractivity contribution in [2.45, 2.75) is 0 Å². The van der Waals surface area contributed by atoms with E-state index in [-0.39, 0.29) is 0 Å². The average Bonchev–Trinajstić information content (AvgIpc) is 2.60. The van der Waals surface area contributed by atoms with Gasteiger partial charge in [0.15, 0.2) is 0 Å². The lowest BCUT2D eigenvalue weighted by molar-refractivity contribution is 1.63. The molecule has 0 aliphatic carbocycles. The molecule has 4 rings (SSSR count). The maximum atomic E-state index is 5.80. The summed E-state index contributed by atoms with van der Waals surface area (Å²) in [5.74, 6) is 2.86. The van der Waals surface area contributed by atoms with Crippen LogP contribution in [0.25, 0.3) is 32.7 Å². The molecule has 4 aromatic rings. The number of terminal acetylenes is 1. The molecule has 0 bridgehead atoms. The predicted molar refractivity (Wildman–Crippen MR) is 103 cm³/mol. The van der Waals surface area contributed by atoms with Gasteiger partial charge in [0.1, 0.15) is 0 Å². The van der Waals surface area contributed by atoms with E-state index >= 15 is 0 Å². The van der Waals surface area contributed by atoms with Crippen molar-refractivity contribution in [2.24, 2.45) is 0 Å². The van der Waals surface area contributed by atoms with E-state index in [2.05, 4.69) is 88.6 Å². The van der Waals surface area contributed by atoms with Gasteiger partial charge < -0.3 is 0 Å². The highest BCUT2D eigenvalue weighted by molar-refractivity contribution is 9.10. The molecular formula is C22H13Br. The lowest BCUT2D eigenvalue weighted by Gasteiger charge is -2.13. The van der Waals surface area contributed by atoms with Crippen molar-refractivity contribution in [3.63, 3.8) is 0 Å². The van der Waals surface area contributed by atoms with Gasteiger partial charge in [-0.15, -0.1) is 6.42 Å². The van der Waals surface area contributed by atoms with Crippen LogP contribution in [0.15, 0.2) is 77.3 Å². The van der Waals surface area contributed by atoms with Crippen molar-refractivity contribution < 1.29 is 0 Å². The van der Waals surface area contributed by atoms with E-state index in [1.807, 2.05) is 6.07 Å². The van der Waals surface area contributed by atoms with E-state index in [1.54, 1.807) is 0 Å². The number of halogens is 1. The molecule has 0 atom stereocenters. The van der Waals surface area contributed by atoms with Crippen molar-refractivity contribution in [3.05, 3.63) is 82.8 Å². The molecule has 0 amide bonds. The van der Waals surface area contributed by atoms with Gasteiger partial charge >= 0.3 is 0 Å². The summed E-state index contributed by atoms with van der Waals surface area (Å²) in [6.07, 6.45) is 5.80. The Balaban J connectivity index is 2.21. The molecule has 0 heterocycles. The molecular weight excluding hydrogens is 344 g/mol. The smallest absolute Gasteiger partial charge is 0.0327 e. The molecule has 0 aromatic heterocycles. The number of hydrogen-bond acceptors (Lipinski definition) is 0. The summed E-state index contributed by atoms with van der Waals surface area (Å²) in [6, 6.07) is 25.2. The van der Waals surface area contributed by atoms with Gasteiger partial charge in [-0.2, -0.15) is 0 Å². The van der Waals surface area contributed by atoms with Crippen LogP contribution in [0.3, 0.4) is 0 Å². The first-order valence-electron chi connectivity index (χ1n) is 7.45. The normalized spacial score (nSPS) is 10.8. The first-order chi connectivity index (χ1) is 11.3. The van der Waals surface area contributed by atoms with Gasteiger partial charge in [-0.25, -0.2) is 0 Å². The van der Waals surface area contributed by atoms with Crippen LogP contribution in [0.2, 0.25) is 0 Å². The molecule has 0 radical (unpaired) electrons. The number of hydrogen-bond donors (Lipinski definition) is 0. The molecule has 0 aliphatic rings. The van der Waals surface area contributed by atoms with Crippen molar-refractivity contribution in [1.82, 2.24) is 0 Å². The molecule has 23 heavy (non-hydrogen) atoms. The van der Waals surface area contributed by atoms with Crippen LogP contribution in [0.4, 0.5) is 0 Å². The fourth-order valence-corrected chi connectivity index (χ4v) is 3.64. The zero-order valence-electron chi connectivity index (χ0n) is 12.4. The molecule has 0 unspecified atom stereocenters. The second-order valence-electron chi connectivity index (χ2n) is 5.53. The predicted octanol–water partition coefficient (Wildman–Crippen LogP) is 6.40. The first-order valence-corrected chi connectivity index (χ1v) is 8.24. The highest BCUT2D eigenvalue weighted by atomic mass is 79.9. The SMILES string of the molecule is C#Cc1ccc2ccccc2c1-c1cc(Br)cc2ccccc12. The molecule has 0 N–H and O–H groups in total. The number of rotatable bonds is 1. The number of fused-ring (bicyclic) bond motifs is 2. The minimum Gasteiger partial charge on any atom is -0.115 e. The Morgan fingerprint density at radius 3 is 2.22 bits per heavy atom. The van der Waals surface area contributed by atoms with Crippen LogP contribution in [0.5, 0.6) is 0 Å². The van der Waals surface area contributed by atoms with E-state index in [9.17, 15) is 0 Å². The molecule has 0 nitrogen and oxygen atoms in total. The Morgan fingerprint density at radius 2 is 1.43 bits per heavy atom. The third-order valence-electron chi connectivity index (χ3n) is 4.18. The molecule has 0 aliphatic heterocycles. The molecule has 1 heteroatoms. The van der Waals surface area contributed by atoms with Gasteiger partial charge in [-0.05, 0) is 45.3 Å². The Bertz CT molecular complexity index is 1080. The van der Waals surface area contributed by atoms with Crippen molar-refractivity contribution >= 4 is 37.5 Å². The maximum Gasteiger partial charge on any atom is 0.0327 e. The van der Waals surface area contributed by atoms with Crippen LogP contribution in [0.1, 0.15) is 5.56 Å². The molecule has 0 saturated heterocycles. The van der Waals surface area contributed by atoms with Crippen LogP contribution >= 0.6 is 15.9 Å². The minimum absolute atomic E-state index is 0.923. The minimum atomic E-state index is 0.923. The van der Waals surface area contributed by atoms with Gasteiger partial charge in [-0.1, -0.05) is 76.4 Å². The van der Waals surface area contributed by atoms with Gasteiger partial charge in [0.25, 0.3) is 0 Å². The fraction of sp³-hybridized carbons (Fsp3) is 0. The van der Waals surface area contributed by atoms with Crippen molar-refractivity contribution in [2.75, 3.05) is 0 Å². The quantitative estimate of drug-likeness (QED) is 0.346. The van der Waals surface area contributed by atoms with E-state index in [0.717, 1.165) is 15.6 Å². The summed E-state index contributed by atoms with van der Waals surface area (Å²) >= 11 is 3.64. The Kier molecular flexibility index (Phi) is 3.41. The van der Waals surface area contributed by atoms with Gasteiger partial charge in [-0.3, -0.25) is 0 Å². The highest BCUT2D eigenvalue weighted by Gasteiger charge is 2.12. The maximum absolute atomic E-state index is 5.80. The highest BCUT2D eigenvalue weighted by Crippen LogP contribution is 2.38. The van der Waals surface area contributed by atoms with E-state index in [0.29, 0.717) is 0 Å². The standard InChI is InChI=1S/C22H13Br/c1-2-15-11-12-16-7-3-6-10-20(16)22(15)21-14-18(23)13-17-8-4-5-9-19(17)21/h1,3-14H. The monoisotopic (exact) mass is 356 g/mol. The zero-order valence-corrected chi connectivity index (χ0v) is 14.0. The third kappa shape index (κ3) is 2.32. The summed E-state index contributed by atoms with van der Waals surface area (Å²) in [5, 5.41) is 4.80.